The van der Waals surface area contributed by atoms with Gasteiger partial charge in [-0.15, -0.1) is 15.3 Å². The van der Waals surface area contributed by atoms with Gasteiger partial charge >= 0.3 is 5.97 Å². The van der Waals surface area contributed by atoms with Crippen LogP contribution in [-0.4, -0.2) is 92.8 Å². The molecule has 6 aromatic carbocycles. The Morgan fingerprint density at radius 2 is 1.31 bits per heavy atom. The van der Waals surface area contributed by atoms with Crippen LogP contribution >= 0.6 is 0 Å². The SMILES string of the molecule is COc1cc(N=Nc2ccc3c(S(=O)(=O)O)cccc3c2S(=O)(=O)O)c(C)cc1N=Nc1c(S(=O)(=O)O)cc2cc(N=NC3C(=O)N(c4ccc(S(=O)(=O)O)cc4)N=C3C(=O)O)ccc2c1O. The lowest BCUT2D eigenvalue weighted by molar-refractivity contribution is -0.130. The fraction of sp³-hybridized carbons (Fsp3) is 0.0789. The molecule has 1 unspecified atom stereocenters. The van der Waals surface area contributed by atoms with Crippen molar-refractivity contribution in [3.63, 3.8) is 0 Å². The molecule has 346 valence electrons. The normalized spacial score (nSPS) is 15.1. The summed E-state index contributed by atoms with van der Waals surface area (Å²) in [5.41, 5.74) is -1.87. The Labute approximate surface area is 377 Å². The summed E-state index contributed by atoms with van der Waals surface area (Å²) in [4.78, 5) is 22.3. The minimum Gasteiger partial charge on any atom is -0.505 e. The zero-order chi connectivity index (χ0) is 49.0. The molecular weight excluding hydrogens is 969 g/mol. The molecule has 0 saturated carbocycles. The number of ether oxygens (including phenoxy) is 1. The van der Waals surface area contributed by atoms with E-state index in [1.54, 1.807) is 0 Å². The number of hydrazone groups is 1. The van der Waals surface area contributed by atoms with Crippen molar-refractivity contribution >= 4 is 114 Å². The second kappa shape index (κ2) is 17.4. The molecule has 1 amide bonds. The molecule has 7 rings (SSSR count). The lowest BCUT2D eigenvalue weighted by Gasteiger charge is -2.12. The summed E-state index contributed by atoms with van der Waals surface area (Å²) in [5, 5.41) is 48.4. The molecule has 67 heavy (non-hydrogen) atoms. The molecule has 6 N–H and O–H groups in total. The van der Waals surface area contributed by atoms with E-state index in [1.807, 2.05) is 0 Å². The third-order valence-electron chi connectivity index (χ3n) is 9.62. The van der Waals surface area contributed by atoms with E-state index in [9.17, 15) is 71.7 Å². The van der Waals surface area contributed by atoms with Gasteiger partial charge in [-0.05, 0) is 84.6 Å². The number of azo groups is 3. The van der Waals surface area contributed by atoms with E-state index >= 15 is 0 Å². The molecule has 6 aromatic rings. The monoisotopic (exact) mass is 996 g/mol. The minimum absolute atomic E-state index is 0.0400. The van der Waals surface area contributed by atoms with E-state index in [0.717, 1.165) is 54.6 Å². The van der Waals surface area contributed by atoms with Crippen LogP contribution in [0, 0.1) is 6.92 Å². The minimum atomic E-state index is -5.17. The molecule has 1 atom stereocenters. The molecule has 0 bridgehead atoms. The smallest absolute Gasteiger partial charge is 0.355 e. The van der Waals surface area contributed by atoms with Crippen LogP contribution < -0.4 is 9.75 Å². The standard InChI is InChI=1S/C38H28N8O17S4/c1-18-14-28(29(63-2)17-27(18)41-40-26-13-12-24-25(36(26)67(60,61)62)4-3-5-30(24)65(54,55)56)42-43-32-31(66(57,58)59)16-19-15-20(6-11-23(19)35(32)47)39-44-33-34(38(49)50)45-46(37(33)48)21-7-9-22(10-8-21)64(51,52)53/h3-17,33,47H,1-2H3,(H,49,50)(H,51,52,53)(H,54,55,56)(H,57,58,59)(H,60,61,62). The number of hydrogen-bond donors (Lipinski definition) is 6. The Balaban J connectivity index is 1.19. The third-order valence-corrected chi connectivity index (χ3v) is 13.2. The zero-order valence-corrected chi connectivity index (χ0v) is 36.9. The predicted molar refractivity (Wildman–Crippen MR) is 232 cm³/mol. The first-order chi connectivity index (χ1) is 31.3. The quantitative estimate of drug-likeness (QED) is 0.0513. The molecule has 1 heterocycles. The van der Waals surface area contributed by atoms with Crippen molar-refractivity contribution in [1.82, 2.24) is 0 Å². The van der Waals surface area contributed by atoms with Gasteiger partial charge in [0.1, 0.15) is 37.5 Å². The second-order valence-corrected chi connectivity index (χ2v) is 19.5. The van der Waals surface area contributed by atoms with Gasteiger partial charge in [0.25, 0.3) is 46.4 Å². The maximum absolute atomic E-state index is 13.2. The van der Waals surface area contributed by atoms with Gasteiger partial charge in [-0.25, -0.2) is 4.79 Å². The highest BCUT2D eigenvalue weighted by molar-refractivity contribution is 7.87. The third kappa shape index (κ3) is 9.59. The molecule has 29 heteroatoms. The summed E-state index contributed by atoms with van der Waals surface area (Å²) in [6.07, 6.45) is 0. The first-order valence-corrected chi connectivity index (χ1v) is 24.0. The number of amides is 1. The Kier molecular flexibility index (Phi) is 12.3. The lowest BCUT2D eigenvalue weighted by Crippen LogP contribution is -2.33. The van der Waals surface area contributed by atoms with Crippen molar-refractivity contribution in [2.75, 3.05) is 12.1 Å². The molecule has 1 aliphatic heterocycles. The summed E-state index contributed by atoms with van der Waals surface area (Å²) >= 11 is 0. The molecule has 0 spiro atoms. The summed E-state index contributed by atoms with van der Waals surface area (Å²) in [6.45, 7) is 1.50. The van der Waals surface area contributed by atoms with Gasteiger partial charge in [0.15, 0.2) is 11.5 Å². The number of nitrogens with zero attached hydrogens (tertiary/aromatic N) is 8. The van der Waals surface area contributed by atoms with E-state index in [4.69, 9.17) is 4.74 Å². The first-order valence-electron chi connectivity index (χ1n) is 18.2. The van der Waals surface area contributed by atoms with Crippen LogP contribution in [-0.2, 0) is 50.1 Å². The average Bonchev–Trinajstić information content (AvgIpc) is 3.58. The number of carboxylic acid groups (broad SMARTS) is 1. The van der Waals surface area contributed by atoms with Crippen LogP contribution in [0.15, 0.2) is 146 Å². The van der Waals surface area contributed by atoms with Crippen LogP contribution in [0.25, 0.3) is 21.5 Å². The molecule has 1 aliphatic rings. The summed E-state index contributed by atoms with van der Waals surface area (Å²) in [7, 11) is -18.4. The van der Waals surface area contributed by atoms with Crippen molar-refractivity contribution in [3.8, 4) is 11.5 Å². The number of carbonyl (C=O) groups excluding carboxylic acids is 1. The molecule has 0 aliphatic carbocycles. The number of phenolic OH excluding ortho intramolecular Hbond substituents is 1. The number of phenols is 1. The number of aromatic hydroxyl groups is 1. The number of carbonyl (C=O) groups is 2. The zero-order valence-electron chi connectivity index (χ0n) is 33.6. The van der Waals surface area contributed by atoms with Crippen LogP contribution in [0.1, 0.15) is 5.56 Å². The number of rotatable bonds is 13. The maximum Gasteiger partial charge on any atom is 0.355 e. The van der Waals surface area contributed by atoms with Gasteiger partial charge in [-0.1, -0.05) is 18.2 Å². The number of fused-ring (bicyclic) bond motifs is 2. The van der Waals surface area contributed by atoms with Crippen LogP contribution in [0.3, 0.4) is 0 Å². The molecule has 0 radical (unpaired) electrons. The van der Waals surface area contributed by atoms with E-state index < -0.39 is 101 Å². The van der Waals surface area contributed by atoms with Crippen molar-refractivity contribution < 1.29 is 76.4 Å². The van der Waals surface area contributed by atoms with Gasteiger partial charge in [-0.2, -0.15) is 59.1 Å². The summed E-state index contributed by atoms with van der Waals surface area (Å²) in [5.74, 6) is -3.53. The second-order valence-electron chi connectivity index (χ2n) is 13.9. The van der Waals surface area contributed by atoms with Crippen molar-refractivity contribution in [2.24, 2.45) is 35.8 Å². The van der Waals surface area contributed by atoms with Crippen molar-refractivity contribution in [1.29, 1.82) is 0 Å². The fourth-order valence-corrected chi connectivity index (χ4v) is 9.23. The van der Waals surface area contributed by atoms with E-state index in [-0.39, 0.29) is 55.6 Å². The Hall–Kier alpha value is -7.51. The summed E-state index contributed by atoms with van der Waals surface area (Å²) < 4.78 is 141. The Morgan fingerprint density at radius 3 is 1.93 bits per heavy atom. The van der Waals surface area contributed by atoms with E-state index in [1.165, 1.54) is 50.4 Å². The average molecular weight is 997 g/mol. The fourth-order valence-electron chi connectivity index (χ4n) is 6.56. The number of benzene rings is 6. The van der Waals surface area contributed by atoms with Gasteiger partial charge in [0.2, 0.25) is 6.04 Å². The van der Waals surface area contributed by atoms with Crippen molar-refractivity contribution in [3.05, 3.63) is 96.6 Å². The molecular formula is C38H28N8O17S4. The maximum atomic E-state index is 13.2. The number of hydrogen-bond acceptors (Lipinski definition) is 19. The Bertz CT molecular complexity index is 3710. The molecule has 25 nitrogen and oxygen atoms in total. The number of carboxylic acids is 1. The van der Waals surface area contributed by atoms with Gasteiger partial charge < -0.3 is 14.9 Å². The number of aryl methyl sites for hydroxylation is 1. The number of anilines is 1. The lowest BCUT2D eigenvalue weighted by atomic mass is 10.1. The van der Waals surface area contributed by atoms with E-state index in [0.29, 0.717) is 5.01 Å². The van der Waals surface area contributed by atoms with Gasteiger partial charge in [0.05, 0.1) is 29.1 Å². The first kappa shape index (κ1) is 47.5. The highest BCUT2D eigenvalue weighted by Gasteiger charge is 2.41. The van der Waals surface area contributed by atoms with Crippen LogP contribution in [0.4, 0.5) is 34.1 Å². The highest BCUT2D eigenvalue weighted by Crippen LogP contribution is 2.44. The van der Waals surface area contributed by atoms with Crippen LogP contribution in [0.5, 0.6) is 11.5 Å². The molecule has 0 fully saturated rings. The predicted octanol–water partition coefficient (Wildman–Crippen LogP) is 6.77. The molecule has 0 aromatic heterocycles. The molecule has 0 saturated heterocycles. The summed E-state index contributed by atoms with van der Waals surface area (Å²) in [6, 6.07) is 15.0. The van der Waals surface area contributed by atoms with E-state index in [2.05, 4.69) is 35.8 Å². The van der Waals surface area contributed by atoms with Gasteiger partial charge in [0, 0.05) is 22.2 Å². The Morgan fingerprint density at radius 1 is 0.672 bits per heavy atom. The number of methoxy groups -OCH3 is 1. The van der Waals surface area contributed by atoms with Gasteiger partial charge in [-0.3, -0.25) is 23.0 Å². The topological polar surface area (TPSA) is 391 Å². The highest BCUT2D eigenvalue weighted by atomic mass is 32.2. The largest absolute Gasteiger partial charge is 0.505 e. The van der Waals surface area contributed by atoms with Crippen molar-refractivity contribution in [2.45, 2.75) is 32.5 Å². The number of aliphatic carboxylic acids is 1. The van der Waals surface area contributed by atoms with Crippen LogP contribution in [0.2, 0.25) is 0 Å².